The SMILES string of the molecule is COc1ccc(OC2CCN(C3CCCC3)CC2)c(C(=O)NCCc2cnccn2)c1. The second kappa shape index (κ2) is 10.6. The zero-order valence-corrected chi connectivity index (χ0v) is 18.3. The molecular formula is C24H32N4O3. The molecule has 7 nitrogen and oxygen atoms in total. The molecule has 31 heavy (non-hydrogen) atoms. The van der Waals surface area contributed by atoms with Crippen molar-refractivity contribution in [2.24, 2.45) is 0 Å². The van der Waals surface area contributed by atoms with Crippen molar-refractivity contribution in [3.05, 3.63) is 48.0 Å². The van der Waals surface area contributed by atoms with Crippen LogP contribution in [0.25, 0.3) is 0 Å². The number of nitrogens with one attached hydrogen (secondary N) is 1. The summed E-state index contributed by atoms with van der Waals surface area (Å²) in [5.41, 5.74) is 1.36. The maximum absolute atomic E-state index is 12.9. The first-order valence-corrected chi connectivity index (χ1v) is 11.3. The summed E-state index contributed by atoms with van der Waals surface area (Å²) >= 11 is 0. The number of piperidine rings is 1. The van der Waals surface area contributed by atoms with E-state index >= 15 is 0 Å². The Morgan fingerprint density at radius 1 is 1.16 bits per heavy atom. The molecule has 2 aromatic rings. The topological polar surface area (TPSA) is 76.6 Å². The average Bonchev–Trinajstić information content (AvgIpc) is 3.35. The highest BCUT2D eigenvalue weighted by Crippen LogP contribution is 2.30. The van der Waals surface area contributed by atoms with Crippen molar-refractivity contribution in [2.45, 2.75) is 57.1 Å². The number of benzene rings is 1. The maximum atomic E-state index is 12.9. The molecule has 1 aliphatic heterocycles. The Labute approximate surface area is 184 Å². The van der Waals surface area contributed by atoms with E-state index in [1.807, 2.05) is 12.1 Å². The number of carbonyl (C=O) groups excluding carboxylic acids is 1. The fourth-order valence-corrected chi connectivity index (χ4v) is 4.58. The van der Waals surface area contributed by atoms with Crippen LogP contribution in [0.1, 0.15) is 54.6 Å². The molecule has 1 aromatic heterocycles. The summed E-state index contributed by atoms with van der Waals surface area (Å²) in [4.78, 5) is 23.8. The lowest BCUT2D eigenvalue weighted by Crippen LogP contribution is -2.43. The number of methoxy groups -OCH3 is 1. The van der Waals surface area contributed by atoms with Gasteiger partial charge in [0, 0.05) is 50.7 Å². The molecule has 1 amide bonds. The molecule has 1 aliphatic carbocycles. The molecule has 166 valence electrons. The van der Waals surface area contributed by atoms with Gasteiger partial charge < -0.3 is 19.7 Å². The number of likely N-dealkylation sites (tertiary alicyclic amines) is 1. The van der Waals surface area contributed by atoms with Crippen LogP contribution < -0.4 is 14.8 Å². The van der Waals surface area contributed by atoms with E-state index in [1.54, 1.807) is 31.8 Å². The normalized spacial score (nSPS) is 18.1. The Bertz CT molecular complexity index is 847. The van der Waals surface area contributed by atoms with E-state index in [1.165, 1.54) is 25.7 Å². The highest BCUT2D eigenvalue weighted by molar-refractivity contribution is 5.97. The van der Waals surface area contributed by atoms with E-state index < -0.39 is 0 Å². The lowest BCUT2D eigenvalue weighted by atomic mass is 10.0. The summed E-state index contributed by atoms with van der Waals surface area (Å²) in [5.74, 6) is 1.10. The van der Waals surface area contributed by atoms with Crippen molar-refractivity contribution < 1.29 is 14.3 Å². The zero-order chi connectivity index (χ0) is 21.5. The summed E-state index contributed by atoms with van der Waals surface area (Å²) in [5, 5.41) is 2.97. The van der Waals surface area contributed by atoms with Crippen molar-refractivity contribution in [1.29, 1.82) is 0 Å². The number of hydrogen-bond donors (Lipinski definition) is 1. The summed E-state index contributed by atoms with van der Waals surface area (Å²) < 4.78 is 11.7. The van der Waals surface area contributed by atoms with Crippen molar-refractivity contribution in [3.8, 4) is 11.5 Å². The Balaban J connectivity index is 1.35. The number of rotatable bonds is 8. The predicted molar refractivity (Wildman–Crippen MR) is 119 cm³/mol. The third kappa shape index (κ3) is 5.73. The lowest BCUT2D eigenvalue weighted by Gasteiger charge is -2.36. The molecule has 1 saturated carbocycles. The van der Waals surface area contributed by atoms with Gasteiger partial charge in [-0.05, 0) is 43.9 Å². The number of ether oxygens (including phenoxy) is 2. The minimum atomic E-state index is -0.166. The highest BCUT2D eigenvalue weighted by Gasteiger charge is 2.28. The van der Waals surface area contributed by atoms with Gasteiger partial charge in [0.2, 0.25) is 0 Å². The van der Waals surface area contributed by atoms with Crippen LogP contribution in [0.4, 0.5) is 0 Å². The van der Waals surface area contributed by atoms with E-state index in [9.17, 15) is 4.79 Å². The molecule has 2 fully saturated rings. The second-order valence-electron chi connectivity index (χ2n) is 8.36. The van der Waals surface area contributed by atoms with Crippen LogP contribution in [0.3, 0.4) is 0 Å². The quantitative estimate of drug-likeness (QED) is 0.701. The first-order valence-electron chi connectivity index (χ1n) is 11.3. The van der Waals surface area contributed by atoms with Crippen LogP contribution >= 0.6 is 0 Å². The molecule has 0 spiro atoms. The van der Waals surface area contributed by atoms with Gasteiger partial charge in [-0.3, -0.25) is 14.8 Å². The summed E-state index contributed by atoms with van der Waals surface area (Å²) in [7, 11) is 1.60. The predicted octanol–water partition coefficient (Wildman–Crippen LogP) is 3.24. The van der Waals surface area contributed by atoms with E-state index in [4.69, 9.17) is 9.47 Å². The van der Waals surface area contributed by atoms with Gasteiger partial charge in [-0.25, -0.2) is 0 Å². The first-order chi connectivity index (χ1) is 15.2. The summed E-state index contributed by atoms with van der Waals surface area (Å²) in [6, 6.07) is 6.21. The van der Waals surface area contributed by atoms with Crippen molar-refractivity contribution in [1.82, 2.24) is 20.2 Å². The van der Waals surface area contributed by atoms with Crippen LogP contribution in [-0.4, -0.2) is 59.7 Å². The van der Waals surface area contributed by atoms with E-state index in [0.29, 0.717) is 30.0 Å². The van der Waals surface area contributed by atoms with Gasteiger partial charge in [-0.1, -0.05) is 12.8 Å². The van der Waals surface area contributed by atoms with Gasteiger partial charge in [0.25, 0.3) is 5.91 Å². The summed E-state index contributed by atoms with van der Waals surface area (Å²) in [6.07, 6.45) is 13.2. The van der Waals surface area contributed by atoms with Crippen LogP contribution in [-0.2, 0) is 6.42 Å². The second-order valence-corrected chi connectivity index (χ2v) is 8.36. The molecule has 4 rings (SSSR count). The van der Waals surface area contributed by atoms with Crippen molar-refractivity contribution in [2.75, 3.05) is 26.7 Å². The van der Waals surface area contributed by atoms with E-state index in [0.717, 1.165) is 37.7 Å². The molecule has 1 aromatic carbocycles. The van der Waals surface area contributed by atoms with Crippen LogP contribution in [0.2, 0.25) is 0 Å². The molecule has 1 N–H and O–H groups in total. The minimum Gasteiger partial charge on any atom is -0.497 e. The molecule has 0 unspecified atom stereocenters. The molecular weight excluding hydrogens is 392 g/mol. The van der Waals surface area contributed by atoms with Crippen molar-refractivity contribution >= 4 is 5.91 Å². The molecule has 0 radical (unpaired) electrons. The number of aromatic nitrogens is 2. The fourth-order valence-electron chi connectivity index (χ4n) is 4.58. The minimum absolute atomic E-state index is 0.136. The standard InChI is InChI=1S/C24H32N4O3/c1-30-21-6-7-23(31-20-9-14-28(15-10-20)19-4-2-3-5-19)22(16-21)24(29)27-11-8-18-17-25-12-13-26-18/h6-7,12-13,16-17,19-20H,2-5,8-11,14-15H2,1H3,(H,27,29). The van der Waals surface area contributed by atoms with Gasteiger partial charge in [-0.2, -0.15) is 0 Å². The molecule has 2 aliphatic rings. The lowest BCUT2D eigenvalue weighted by molar-refractivity contribution is 0.0750. The van der Waals surface area contributed by atoms with E-state index in [2.05, 4.69) is 20.2 Å². The Morgan fingerprint density at radius 3 is 2.68 bits per heavy atom. The molecule has 7 heteroatoms. The van der Waals surface area contributed by atoms with Gasteiger partial charge in [0.05, 0.1) is 18.4 Å². The molecule has 1 saturated heterocycles. The Hall–Kier alpha value is -2.67. The number of nitrogens with zero attached hydrogens (tertiary/aromatic N) is 3. The van der Waals surface area contributed by atoms with Crippen LogP contribution in [0.5, 0.6) is 11.5 Å². The zero-order valence-electron chi connectivity index (χ0n) is 18.3. The van der Waals surface area contributed by atoms with Crippen molar-refractivity contribution in [3.63, 3.8) is 0 Å². The van der Waals surface area contributed by atoms with Gasteiger partial charge in [0.15, 0.2) is 0 Å². The van der Waals surface area contributed by atoms with E-state index in [-0.39, 0.29) is 12.0 Å². The monoisotopic (exact) mass is 424 g/mol. The summed E-state index contributed by atoms with van der Waals surface area (Å²) in [6.45, 7) is 2.63. The van der Waals surface area contributed by atoms with Crippen LogP contribution in [0.15, 0.2) is 36.8 Å². The maximum Gasteiger partial charge on any atom is 0.255 e. The fraction of sp³-hybridized carbons (Fsp3) is 0.542. The largest absolute Gasteiger partial charge is 0.497 e. The van der Waals surface area contributed by atoms with Gasteiger partial charge in [0.1, 0.15) is 17.6 Å². The smallest absolute Gasteiger partial charge is 0.255 e. The Kier molecular flexibility index (Phi) is 7.35. The third-order valence-electron chi connectivity index (χ3n) is 6.33. The van der Waals surface area contributed by atoms with Gasteiger partial charge >= 0.3 is 0 Å². The van der Waals surface area contributed by atoms with Crippen LogP contribution in [0, 0.1) is 0 Å². The molecule has 2 heterocycles. The third-order valence-corrected chi connectivity index (χ3v) is 6.33. The Morgan fingerprint density at radius 2 is 1.97 bits per heavy atom. The molecule has 0 atom stereocenters. The van der Waals surface area contributed by atoms with Gasteiger partial charge in [-0.15, -0.1) is 0 Å². The average molecular weight is 425 g/mol. The molecule has 0 bridgehead atoms. The number of hydrogen-bond acceptors (Lipinski definition) is 6. The first kappa shape index (κ1) is 21.6. The number of amides is 1. The number of carbonyl (C=O) groups is 1. The highest BCUT2D eigenvalue weighted by atomic mass is 16.5.